The fourth-order valence-corrected chi connectivity index (χ4v) is 5.55. The van der Waals surface area contributed by atoms with Gasteiger partial charge in [-0.3, -0.25) is 4.79 Å². The van der Waals surface area contributed by atoms with Gasteiger partial charge in [0.25, 0.3) is 5.91 Å². The summed E-state index contributed by atoms with van der Waals surface area (Å²) in [4.78, 5) is 14.7. The molecule has 2 unspecified atom stereocenters. The molecule has 2 atom stereocenters. The Morgan fingerprint density at radius 1 is 1.21 bits per heavy atom. The molecular formula is C19H28N4O5S. The number of hydrogen-bond donors (Lipinski definition) is 1. The number of amides is 1. The summed E-state index contributed by atoms with van der Waals surface area (Å²) in [7, 11) is -3.39. The van der Waals surface area contributed by atoms with Gasteiger partial charge < -0.3 is 14.4 Å². The second kappa shape index (κ2) is 8.53. The smallest absolute Gasteiger partial charge is 0.260 e. The number of aromatic nitrogens is 2. The van der Waals surface area contributed by atoms with Crippen LogP contribution >= 0.6 is 0 Å². The summed E-state index contributed by atoms with van der Waals surface area (Å²) in [6, 6.07) is 1.21. The van der Waals surface area contributed by atoms with Gasteiger partial charge in [-0.1, -0.05) is 0 Å². The molecule has 1 saturated heterocycles. The lowest BCUT2D eigenvalue weighted by Crippen LogP contribution is -2.59. The second-order valence-electron chi connectivity index (χ2n) is 8.18. The van der Waals surface area contributed by atoms with Gasteiger partial charge in [-0.25, -0.2) is 13.1 Å². The minimum atomic E-state index is -3.39. The maximum atomic E-state index is 13.0. The quantitative estimate of drug-likeness (QED) is 0.748. The lowest BCUT2D eigenvalue weighted by molar-refractivity contribution is -0.140. The molecule has 1 N–H and O–H groups in total. The molecule has 4 heterocycles. The van der Waals surface area contributed by atoms with E-state index in [4.69, 9.17) is 9.47 Å². The molecule has 160 valence electrons. The SMILES string of the molecule is CS(=O)(=O)NC1CCCN2C(=O)COc3nnccc3C3CCC(CC3)OCC12. The molecule has 1 saturated carbocycles. The topological polar surface area (TPSA) is 111 Å². The van der Waals surface area contributed by atoms with Gasteiger partial charge in [-0.15, -0.1) is 5.10 Å². The fraction of sp³-hybridized carbons (Fsp3) is 0.737. The Morgan fingerprint density at radius 2 is 2.00 bits per heavy atom. The molecule has 0 aromatic carbocycles. The number of fused-ring (bicyclic) bond motifs is 5. The lowest BCUT2D eigenvalue weighted by atomic mass is 9.83. The van der Waals surface area contributed by atoms with E-state index in [1.165, 1.54) is 0 Å². The second-order valence-corrected chi connectivity index (χ2v) is 9.96. The number of ether oxygens (including phenoxy) is 2. The highest BCUT2D eigenvalue weighted by Gasteiger charge is 2.37. The monoisotopic (exact) mass is 424 g/mol. The van der Waals surface area contributed by atoms with Crippen LogP contribution in [-0.4, -0.2) is 73.6 Å². The first-order chi connectivity index (χ1) is 13.9. The molecule has 1 aromatic rings. The van der Waals surface area contributed by atoms with Crippen LogP contribution in [0.25, 0.3) is 0 Å². The van der Waals surface area contributed by atoms with E-state index in [9.17, 15) is 13.2 Å². The van der Waals surface area contributed by atoms with Crippen molar-refractivity contribution < 1.29 is 22.7 Å². The van der Waals surface area contributed by atoms with Gasteiger partial charge in [-0.2, -0.15) is 5.10 Å². The van der Waals surface area contributed by atoms with Gasteiger partial charge in [0.1, 0.15) is 0 Å². The molecule has 2 fully saturated rings. The Balaban J connectivity index is 1.61. The molecule has 1 aliphatic carbocycles. The number of sulfonamides is 1. The van der Waals surface area contributed by atoms with E-state index < -0.39 is 10.0 Å². The number of piperidine rings is 1. The largest absolute Gasteiger partial charge is 0.466 e. The van der Waals surface area contributed by atoms with Crippen molar-refractivity contribution in [2.24, 2.45) is 0 Å². The van der Waals surface area contributed by atoms with Crippen LogP contribution in [0.2, 0.25) is 0 Å². The van der Waals surface area contributed by atoms with E-state index in [2.05, 4.69) is 14.9 Å². The molecule has 9 nitrogen and oxygen atoms in total. The molecule has 3 aliphatic heterocycles. The predicted molar refractivity (Wildman–Crippen MR) is 105 cm³/mol. The van der Waals surface area contributed by atoms with Crippen molar-refractivity contribution in [3.63, 3.8) is 0 Å². The van der Waals surface area contributed by atoms with Crippen LogP contribution in [0.15, 0.2) is 12.3 Å². The van der Waals surface area contributed by atoms with Crippen molar-refractivity contribution >= 4 is 15.9 Å². The first-order valence-electron chi connectivity index (χ1n) is 10.2. The van der Waals surface area contributed by atoms with Gasteiger partial charge in [0.15, 0.2) is 6.61 Å². The lowest BCUT2D eigenvalue weighted by Gasteiger charge is -2.41. The van der Waals surface area contributed by atoms with E-state index >= 15 is 0 Å². The molecule has 29 heavy (non-hydrogen) atoms. The summed E-state index contributed by atoms with van der Waals surface area (Å²) in [5, 5.41) is 8.05. The molecule has 0 radical (unpaired) electrons. The molecule has 0 spiro atoms. The minimum absolute atomic E-state index is 0.115. The summed E-state index contributed by atoms with van der Waals surface area (Å²) in [5.74, 6) is 0.545. The maximum Gasteiger partial charge on any atom is 0.260 e. The first kappa shape index (κ1) is 20.5. The van der Waals surface area contributed by atoms with Crippen molar-refractivity contribution in [2.75, 3.05) is 26.0 Å². The van der Waals surface area contributed by atoms with Crippen molar-refractivity contribution in [3.05, 3.63) is 17.8 Å². The standard InChI is InChI=1S/C19H28N4O5S/c1-29(25,26)22-16-3-2-10-23-17(16)11-27-14-6-4-13(5-7-14)15-8-9-20-21-19(15)28-12-18(23)24/h8-9,13-14,16-17,22H,2-7,10-12H2,1H3. The zero-order valence-corrected chi connectivity index (χ0v) is 17.4. The average molecular weight is 425 g/mol. The Hall–Kier alpha value is -1.78. The third-order valence-corrected chi connectivity index (χ3v) is 6.86. The highest BCUT2D eigenvalue weighted by atomic mass is 32.2. The Morgan fingerprint density at radius 3 is 2.76 bits per heavy atom. The zero-order chi connectivity index (χ0) is 20.4. The number of nitrogens with zero attached hydrogens (tertiary/aromatic N) is 3. The van der Waals surface area contributed by atoms with E-state index in [1.807, 2.05) is 6.07 Å². The van der Waals surface area contributed by atoms with E-state index in [-0.39, 0.29) is 30.7 Å². The molecular weight excluding hydrogens is 396 g/mol. The number of carbonyl (C=O) groups is 1. The summed E-state index contributed by atoms with van der Waals surface area (Å²) in [5.41, 5.74) is 0.998. The van der Waals surface area contributed by atoms with Crippen LogP contribution < -0.4 is 9.46 Å². The summed E-state index contributed by atoms with van der Waals surface area (Å²) in [6.45, 7) is 0.726. The Labute approximate surface area is 171 Å². The van der Waals surface area contributed by atoms with Crippen molar-refractivity contribution in [3.8, 4) is 5.88 Å². The van der Waals surface area contributed by atoms with Gasteiger partial charge in [-0.05, 0) is 50.5 Å². The molecule has 5 rings (SSSR count). The molecule has 1 amide bonds. The highest BCUT2D eigenvalue weighted by molar-refractivity contribution is 7.88. The van der Waals surface area contributed by atoms with E-state index in [0.717, 1.165) is 43.9 Å². The molecule has 2 bridgehead atoms. The minimum Gasteiger partial charge on any atom is -0.466 e. The molecule has 10 heteroatoms. The van der Waals surface area contributed by atoms with Crippen LogP contribution in [0.1, 0.15) is 50.0 Å². The normalized spacial score (nSPS) is 30.9. The van der Waals surface area contributed by atoms with Crippen LogP contribution in [0, 0.1) is 0 Å². The summed E-state index contributed by atoms with van der Waals surface area (Å²) in [6.07, 6.45) is 8.06. The first-order valence-corrected chi connectivity index (χ1v) is 12.1. The van der Waals surface area contributed by atoms with Crippen LogP contribution in [0.3, 0.4) is 0 Å². The third kappa shape index (κ3) is 4.87. The van der Waals surface area contributed by atoms with Crippen molar-refractivity contribution in [1.82, 2.24) is 19.8 Å². The summed E-state index contributed by atoms with van der Waals surface area (Å²) < 4.78 is 38.4. The predicted octanol–water partition coefficient (Wildman–Crippen LogP) is 0.821. The molecule has 4 aliphatic rings. The Bertz CT molecular complexity index is 841. The number of hydrogen-bond acceptors (Lipinski definition) is 7. The highest BCUT2D eigenvalue weighted by Crippen LogP contribution is 2.37. The average Bonchev–Trinajstić information content (AvgIpc) is 2.71. The summed E-state index contributed by atoms with van der Waals surface area (Å²) >= 11 is 0. The zero-order valence-electron chi connectivity index (χ0n) is 16.6. The Kier molecular flexibility index (Phi) is 6.03. The number of rotatable bonds is 2. The maximum absolute atomic E-state index is 13.0. The van der Waals surface area contributed by atoms with Crippen LogP contribution in [0.4, 0.5) is 0 Å². The fourth-order valence-electron chi connectivity index (χ4n) is 4.72. The van der Waals surface area contributed by atoms with Gasteiger partial charge in [0.2, 0.25) is 15.9 Å². The van der Waals surface area contributed by atoms with Crippen molar-refractivity contribution in [2.45, 2.75) is 62.6 Å². The van der Waals surface area contributed by atoms with E-state index in [0.29, 0.717) is 31.4 Å². The van der Waals surface area contributed by atoms with Gasteiger partial charge in [0, 0.05) is 18.2 Å². The van der Waals surface area contributed by atoms with Gasteiger partial charge in [0.05, 0.1) is 31.2 Å². The third-order valence-electron chi connectivity index (χ3n) is 6.13. The molecule has 1 aromatic heterocycles. The van der Waals surface area contributed by atoms with E-state index in [1.54, 1.807) is 11.1 Å². The number of carbonyl (C=O) groups excluding carboxylic acids is 1. The van der Waals surface area contributed by atoms with Crippen LogP contribution in [-0.2, 0) is 19.6 Å². The van der Waals surface area contributed by atoms with Crippen molar-refractivity contribution in [1.29, 1.82) is 0 Å². The van der Waals surface area contributed by atoms with Crippen LogP contribution in [0.5, 0.6) is 5.88 Å². The van der Waals surface area contributed by atoms with Gasteiger partial charge >= 0.3 is 0 Å². The number of nitrogens with one attached hydrogen (secondary N) is 1.